The second-order valence-corrected chi connectivity index (χ2v) is 12.1. The third-order valence-corrected chi connectivity index (χ3v) is 8.87. The molecule has 0 atom stereocenters. The van der Waals surface area contributed by atoms with Crippen molar-refractivity contribution in [2.75, 3.05) is 6.61 Å². The van der Waals surface area contributed by atoms with Crippen molar-refractivity contribution in [3.8, 4) is 0 Å². The van der Waals surface area contributed by atoms with Crippen LogP contribution in [0.3, 0.4) is 0 Å². The first-order valence-corrected chi connectivity index (χ1v) is 11.2. The zero-order valence-electron chi connectivity index (χ0n) is 14.3. The Morgan fingerprint density at radius 1 is 0.895 bits per heavy atom. The van der Waals surface area contributed by atoms with Crippen LogP contribution in [0, 0.1) is 6.42 Å². The summed E-state index contributed by atoms with van der Waals surface area (Å²) in [6.07, 6.45) is 13.1. The van der Waals surface area contributed by atoms with Crippen LogP contribution in [-0.2, 0) is 4.43 Å². The van der Waals surface area contributed by atoms with Crippen LogP contribution in [0.5, 0.6) is 0 Å². The van der Waals surface area contributed by atoms with Crippen LogP contribution < -0.4 is 0 Å². The molecule has 0 spiro atoms. The van der Waals surface area contributed by atoms with Crippen molar-refractivity contribution in [1.82, 2.24) is 0 Å². The highest BCUT2D eigenvalue weighted by Crippen LogP contribution is 2.36. The second-order valence-electron chi connectivity index (χ2n) is 7.24. The molecule has 0 N–H and O–H groups in total. The molecule has 0 bridgehead atoms. The third kappa shape index (κ3) is 9.67. The van der Waals surface area contributed by atoms with Crippen LogP contribution in [0.15, 0.2) is 0 Å². The van der Waals surface area contributed by atoms with E-state index in [0.717, 1.165) is 6.61 Å². The van der Waals surface area contributed by atoms with Gasteiger partial charge in [-0.15, -0.1) is 0 Å². The molecule has 0 aliphatic heterocycles. The molecule has 0 aromatic heterocycles. The van der Waals surface area contributed by atoms with Gasteiger partial charge in [0.25, 0.3) is 0 Å². The minimum Gasteiger partial charge on any atom is -0.417 e. The highest BCUT2D eigenvalue weighted by molar-refractivity contribution is 6.74. The van der Waals surface area contributed by atoms with Gasteiger partial charge in [0.15, 0.2) is 8.32 Å². The Labute approximate surface area is 123 Å². The Bertz CT molecular complexity index is 206. The van der Waals surface area contributed by atoms with Crippen molar-refractivity contribution in [2.45, 2.75) is 97.2 Å². The van der Waals surface area contributed by atoms with Crippen molar-refractivity contribution in [3.63, 3.8) is 0 Å². The fourth-order valence-corrected chi connectivity index (χ4v) is 2.90. The molecule has 0 unspecified atom stereocenters. The monoisotopic (exact) mass is 285 g/mol. The number of hydrogen-bond acceptors (Lipinski definition) is 1. The van der Waals surface area contributed by atoms with E-state index in [-0.39, 0.29) is 0 Å². The molecule has 2 heteroatoms. The highest BCUT2D eigenvalue weighted by atomic mass is 28.4. The Hall–Kier alpha value is 0.177. The van der Waals surface area contributed by atoms with E-state index >= 15 is 0 Å². The molecule has 0 aromatic rings. The van der Waals surface area contributed by atoms with Crippen LogP contribution in [0.2, 0.25) is 18.1 Å². The summed E-state index contributed by atoms with van der Waals surface area (Å²) in [5.74, 6) is 0. The SMILES string of the molecule is CCCCCCC[CH]CCCO[Si](C)(C)C(C)(C)C. The summed E-state index contributed by atoms with van der Waals surface area (Å²) < 4.78 is 6.17. The van der Waals surface area contributed by atoms with Gasteiger partial charge in [0.1, 0.15) is 0 Å². The second kappa shape index (κ2) is 9.98. The predicted molar refractivity (Wildman–Crippen MR) is 90.1 cm³/mol. The molecule has 0 amide bonds. The van der Waals surface area contributed by atoms with Gasteiger partial charge in [0.2, 0.25) is 0 Å². The van der Waals surface area contributed by atoms with Crippen LogP contribution in [0.25, 0.3) is 0 Å². The van der Waals surface area contributed by atoms with Gasteiger partial charge in [0, 0.05) is 6.61 Å². The fourth-order valence-electron chi connectivity index (χ4n) is 1.81. The van der Waals surface area contributed by atoms with E-state index < -0.39 is 8.32 Å². The van der Waals surface area contributed by atoms with Crippen molar-refractivity contribution in [2.24, 2.45) is 0 Å². The lowest BCUT2D eigenvalue weighted by atomic mass is 10.1. The zero-order valence-corrected chi connectivity index (χ0v) is 15.3. The lowest BCUT2D eigenvalue weighted by Crippen LogP contribution is -2.40. The van der Waals surface area contributed by atoms with E-state index in [4.69, 9.17) is 4.43 Å². The lowest BCUT2D eigenvalue weighted by molar-refractivity contribution is 0.281. The van der Waals surface area contributed by atoms with Gasteiger partial charge in [-0.2, -0.15) is 0 Å². The summed E-state index contributed by atoms with van der Waals surface area (Å²) in [6, 6.07) is 0. The molecule has 0 aliphatic carbocycles. The van der Waals surface area contributed by atoms with Gasteiger partial charge in [-0.25, -0.2) is 0 Å². The molecule has 0 saturated carbocycles. The largest absolute Gasteiger partial charge is 0.417 e. The average Bonchev–Trinajstić information content (AvgIpc) is 2.30. The Morgan fingerprint density at radius 2 is 1.47 bits per heavy atom. The lowest BCUT2D eigenvalue weighted by Gasteiger charge is -2.36. The Morgan fingerprint density at radius 3 is 2.05 bits per heavy atom. The van der Waals surface area contributed by atoms with Gasteiger partial charge in [-0.1, -0.05) is 66.2 Å². The quantitative estimate of drug-likeness (QED) is 0.317. The summed E-state index contributed by atoms with van der Waals surface area (Å²) in [6.45, 7) is 14.8. The number of hydrogen-bond donors (Lipinski definition) is 0. The molecule has 19 heavy (non-hydrogen) atoms. The van der Waals surface area contributed by atoms with Gasteiger partial charge >= 0.3 is 0 Å². The maximum absolute atomic E-state index is 6.17. The molecule has 0 saturated heterocycles. The summed E-state index contributed by atoms with van der Waals surface area (Å²) in [4.78, 5) is 0. The molecule has 0 rings (SSSR count). The van der Waals surface area contributed by atoms with Gasteiger partial charge < -0.3 is 4.43 Å². The highest BCUT2D eigenvalue weighted by Gasteiger charge is 2.36. The molecular weight excluding hydrogens is 248 g/mol. The van der Waals surface area contributed by atoms with Crippen LogP contribution in [0.1, 0.15) is 79.1 Å². The maximum atomic E-state index is 6.17. The van der Waals surface area contributed by atoms with Crippen LogP contribution in [-0.4, -0.2) is 14.9 Å². The Kier molecular flexibility index (Phi) is 10.1. The molecule has 0 aliphatic rings. The first-order valence-electron chi connectivity index (χ1n) is 8.27. The minimum atomic E-state index is -1.51. The summed E-state index contributed by atoms with van der Waals surface area (Å²) in [5, 5.41) is 0.343. The van der Waals surface area contributed by atoms with Crippen LogP contribution in [0.4, 0.5) is 0 Å². The standard InChI is InChI=1S/C17H37OSi/c1-7-8-9-10-11-12-13-14-15-16-18-19(5,6)17(2,3)4/h13H,7-12,14-16H2,1-6H3. The van der Waals surface area contributed by atoms with E-state index in [1.807, 2.05) is 0 Å². The van der Waals surface area contributed by atoms with Crippen LogP contribution >= 0.6 is 0 Å². The van der Waals surface area contributed by atoms with Crippen molar-refractivity contribution in [1.29, 1.82) is 0 Å². The molecule has 0 aromatic carbocycles. The summed E-state index contributed by atoms with van der Waals surface area (Å²) in [5.41, 5.74) is 0. The topological polar surface area (TPSA) is 9.23 Å². The first-order chi connectivity index (χ1) is 8.81. The Balaban J connectivity index is 3.37. The van der Waals surface area contributed by atoms with E-state index in [1.54, 1.807) is 0 Å². The number of unbranched alkanes of at least 4 members (excludes halogenated alkanes) is 8. The van der Waals surface area contributed by atoms with E-state index in [2.05, 4.69) is 47.2 Å². The first kappa shape index (κ1) is 19.2. The van der Waals surface area contributed by atoms with E-state index in [0.29, 0.717) is 5.04 Å². The summed E-state index contributed by atoms with van der Waals surface area (Å²) >= 11 is 0. The van der Waals surface area contributed by atoms with E-state index in [1.165, 1.54) is 51.4 Å². The maximum Gasteiger partial charge on any atom is 0.191 e. The predicted octanol–water partition coefficient (Wildman–Crippen LogP) is 6.35. The number of rotatable bonds is 11. The molecular formula is C17H37OSi. The smallest absolute Gasteiger partial charge is 0.191 e. The van der Waals surface area contributed by atoms with Crippen molar-refractivity contribution >= 4 is 8.32 Å². The van der Waals surface area contributed by atoms with Gasteiger partial charge in [-0.3, -0.25) is 0 Å². The normalized spacial score (nSPS) is 12.9. The molecule has 0 fully saturated rings. The third-order valence-electron chi connectivity index (χ3n) is 4.33. The van der Waals surface area contributed by atoms with Crippen molar-refractivity contribution in [3.05, 3.63) is 6.42 Å². The average molecular weight is 286 g/mol. The summed E-state index contributed by atoms with van der Waals surface area (Å²) in [7, 11) is -1.51. The molecule has 0 heterocycles. The van der Waals surface area contributed by atoms with Gasteiger partial charge in [0.05, 0.1) is 0 Å². The molecule has 1 radical (unpaired) electrons. The van der Waals surface area contributed by atoms with Gasteiger partial charge in [-0.05, 0) is 37.4 Å². The fraction of sp³-hybridized carbons (Fsp3) is 0.941. The molecule has 115 valence electrons. The zero-order chi connectivity index (χ0) is 14.8. The minimum absolute atomic E-state index is 0.343. The molecule has 1 nitrogen and oxygen atoms in total. The van der Waals surface area contributed by atoms with Crippen molar-refractivity contribution < 1.29 is 4.43 Å². The van der Waals surface area contributed by atoms with E-state index in [9.17, 15) is 0 Å².